The molecule has 6 rings (SSSR count). The zero-order chi connectivity index (χ0) is 38.4. The molecule has 3 aromatic rings. The highest BCUT2D eigenvalue weighted by molar-refractivity contribution is 5.86. The van der Waals surface area contributed by atoms with E-state index in [4.69, 9.17) is 14.2 Å². The minimum Gasteiger partial charge on any atom is -0.461 e. The van der Waals surface area contributed by atoms with Gasteiger partial charge in [-0.3, -0.25) is 18.7 Å². The lowest BCUT2D eigenvalue weighted by Gasteiger charge is -2.23. The van der Waals surface area contributed by atoms with E-state index in [2.05, 4.69) is 74.2 Å². The first-order chi connectivity index (χ1) is 26.0. The number of aromatic nitrogens is 4. The summed E-state index contributed by atoms with van der Waals surface area (Å²) in [6.45, 7) is 10.3. The summed E-state index contributed by atoms with van der Waals surface area (Å²) >= 11 is 0. The summed E-state index contributed by atoms with van der Waals surface area (Å²) in [6, 6.07) is 7.86. The molecule has 3 unspecified atom stereocenters. The number of hydrogen-bond donors (Lipinski definition) is 2. The molecule has 3 heterocycles. The van der Waals surface area contributed by atoms with Crippen molar-refractivity contribution in [2.24, 2.45) is 5.92 Å². The molecule has 2 aliphatic carbocycles. The van der Waals surface area contributed by atoms with Crippen LogP contribution >= 0.6 is 0 Å². The average molecular weight is 738 g/mol. The number of aliphatic hydroxyl groups excluding tert-OH is 1. The lowest BCUT2D eigenvalue weighted by atomic mass is 9.87. The van der Waals surface area contributed by atoms with Crippen LogP contribution in [0, 0.1) is 5.92 Å². The van der Waals surface area contributed by atoms with Crippen LogP contribution in [0.5, 0.6) is 0 Å². The number of benzene rings is 1. The van der Waals surface area contributed by atoms with Crippen LogP contribution < -0.4 is 10.9 Å². The number of amides is 1. The Balaban J connectivity index is 0.971. The van der Waals surface area contributed by atoms with E-state index in [1.807, 2.05) is 30.3 Å². The zero-order valence-electron chi connectivity index (χ0n) is 31.8. The number of nitrogens with one attached hydrogen (secondary N) is 1. The maximum absolute atomic E-state index is 13.3. The molecule has 0 bridgehead atoms. The van der Waals surface area contributed by atoms with Crippen LogP contribution in [-0.4, -0.2) is 61.6 Å². The number of nitrogens with zero attached hydrogens (tertiary/aromatic N) is 4. The smallest absolute Gasteiger partial charge is 0.408 e. The van der Waals surface area contributed by atoms with E-state index in [-0.39, 0.29) is 30.0 Å². The van der Waals surface area contributed by atoms with E-state index in [1.54, 1.807) is 4.57 Å². The van der Waals surface area contributed by atoms with Crippen molar-refractivity contribution in [2.45, 2.75) is 104 Å². The van der Waals surface area contributed by atoms with Crippen LogP contribution in [0.15, 0.2) is 94.4 Å². The fourth-order valence-corrected chi connectivity index (χ4v) is 7.22. The third-order valence-electron chi connectivity index (χ3n) is 10.3. The SMILES string of the molecule is CC(C)=CCC/C(C)=C/CC/C(C)=C/Cn1cnc2c(ncn2[C@H]2CC(O)[C@@H](COC(=O)CNC(=O)OC3C4=C(C=CCC4C)c4ccccc43)O2)c1=O. The molecule has 0 radical (unpaired) electrons. The molecule has 12 heteroatoms. The van der Waals surface area contributed by atoms with Crippen LogP contribution in [0.4, 0.5) is 4.79 Å². The maximum atomic E-state index is 13.3. The minimum atomic E-state index is -0.945. The topological polar surface area (TPSA) is 147 Å². The Kier molecular flexibility index (Phi) is 12.4. The molecular formula is C42H51N5O7. The van der Waals surface area contributed by atoms with Crippen LogP contribution in [0.2, 0.25) is 0 Å². The van der Waals surface area contributed by atoms with Gasteiger partial charge in [0, 0.05) is 18.5 Å². The standard InChI is InChI=1S/C42H51N5O7/c1-26(2)11-8-12-27(3)13-9-14-28(4)19-20-46-24-45-40-38(41(46)50)44-25-47(40)35-21-33(48)34(53-35)23-52-36(49)22-43-42(51)54-39-32-17-7-6-16-30(32)31-18-10-15-29(5)37(31)39/h6-7,10-11,13,16-19,24-25,29,33-35,39,48H,8-9,12,14-15,20-23H2,1-5H3,(H,43,51)/b27-13+,28-19+/t29?,33?,34-,35-,39?/m1/s1. The average Bonchev–Trinajstić information content (AvgIpc) is 3.84. The molecule has 1 aromatic carbocycles. The third kappa shape index (κ3) is 8.99. The normalized spacial score (nSPS) is 22.3. The molecule has 1 saturated heterocycles. The van der Waals surface area contributed by atoms with Crippen LogP contribution in [-0.2, 0) is 25.5 Å². The van der Waals surface area contributed by atoms with Crippen molar-refractivity contribution in [1.29, 1.82) is 0 Å². The first-order valence-electron chi connectivity index (χ1n) is 18.8. The Hall–Kier alpha value is -5.07. The van der Waals surface area contributed by atoms with Crippen molar-refractivity contribution in [1.82, 2.24) is 24.4 Å². The number of esters is 1. The van der Waals surface area contributed by atoms with E-state index >= 15 is 0 Å². The second kappa shape index (κ2) is 17.4. The van der Waals surface area contributed by atoms with Gasteiger partial charge >= 0.3 is 12.1 Å². The van der Waals surface area contributed by atoms with Crippen LogP contribution in [0.3, 0.4) is 0 Å². The molecule has 1 amide bonds. The van der Waals surface area contributed by atoms with Gasteiger partial charge in [0.1, 0.15) is 31.8 Å². The third-order valence-corrected chi connectivity index (χ3v) is 10.3. The van der Waals surface area contributed by atoms with Crippen LogP contribution in [0.1, 0.15) is 96.6 Å². The molecule has 12 nitrogen and oxygen atoms in total. The van der Waals surface area contributed by atoms with Crippen LogP contribution in [0.25, 0.3) is 16.7 Å². The summed E-state index contributed by atoms with van der Waals surface area (Å²) in [5.74, 6) is -0.489. The second-order valence-corrected chi connectivity index (χ2v) is 14.7. The lowest BCUT2D eigenvalue weighted by Crippen LogP contribution is -2.35. The number of allylic oxidation sites excluding steroid dienone is 9. The van der Waals surface area contributed by atoms with Gasteiger partial charge in [-0.25, -0.2) is 14.8 Å². The van der Waals surface area contributed by atoms with E-state index < -0.39 is 43.1 Å². The van der Waals surface area contributed by atoms with Crippen molar-refractivity contribution < 1.29 is 28.9 Å². The van der Waals surface area contributed by atoms with Crippen molar-refractivity contribution in [2.75, 3.05) is 13.2 Å². The Bertz CT molecular complexity index is 2080. The highest BCUT2D eigenvalue weighted by Gasteiger charge is 2.38. The summed E-state index contributed by atoms with van der Waals surface area (Å²) in [5, 5.41) is 13.2. The largest absolute Gasteiger partial charge is 0.461 e. The number of imidazole rings is 1. The first kappa shape index (κ1) is 38.6. The van der Waals surface area contributed by atoms with Gasteiger partial charge < -0.3 is 24.6 Å². The van der Waals surface area contributed by atoms with E-state index in [1.165, 1.54) is 33.9 Å². The molecule has 286 valence electrons. The zero-order valence-corrected chi connectivity index (χ0v) is 31.8. The van der Waals surface area contributed by atoms with Crippen molar-refractivity contribution >= 4 is 28.8 Å². The Labute approximate surface area is 315 Å². The summed E-state index contributed by atoms with van der Waals surface area (Å²) in [7, 11) is 0. The molecule has 54 heavy (non-hydrogen) atoms. The fraction of sp³-hybridized carbons (Fsp3) is 0.452. The number of alkyl carbamates (subject to hydrolysis) is 1. The van der Waals surface area contributed by atoms with E-state index in [9.17, 15) is 19.5 Å². The predicted molar refractivity (Wildman–Crippen MR) is 206 cm³/mol. The number of hydrogen-bond acceptors (Lipinski definition) is 9. The maximum Gasteiger partial charge on any atom is 0.408 e. The fourth-order valence-electron chi connectivity index (χ4n) is 7.22. The minimum absolute atomic E-state index is 0.183. The van der Waals surface area contributed by atoms with Gasteiger partial charge in [-0.1, -0.05) is 78.3 Å². The van der Waals surface area contributed by atoms with E-state index in [0.29, 0.717) is 12.2 Å². The van der Waals surface area contributed by atoms with Gasteiger partial charge in [-0.2, -0.15) is 0 Å². The van der Waals surface area contributed by atoms with Gasteiger partial charge in [-0.05, 0) is 82.4 Å². The van der Waals surface area contributed by atoms with Gasteiger partial charge in [0.05, 0.1) is 12.4 Å². The quantitative estimate of drug-likeness (QED) is 0.131. The first-order valence-corrected chi connectivity index (χ1v) is 18.8. The summed E-state index contributed by atoms with van der Waals surface area (Å²) in [5.41, 5.74) is 8.30. The highest BCUT2D eigenvalue weighted by Crippen LogP contribution is 2.49. The van der Waals surface area contributed by atoms with Gasteiger partial charge in [0.25, 0.3) is 5.56 Å². The Morgan fingerprint density at radius 2 is 1.80 bits per heavy atom. The molecule has 0 saturated carbocycles. The monoisotopic (exact) mass is 737 g/mol. The molecular weight excluding hydrogens is 686 g/mol. The summed E-state index contributed by atoms with van der Waals surface area (Å²) in [4.78, 5) is 47.5. The lowest BCUT2D eigenvalue weighted by molar-refractivity contribution is -0.148. The molecule has 1 aliphatic heterocycles. The second-order valence-electron chi connectivity index (χ2n) is 14.7. The molecule has 5 atom stereocenters. The number of carbonyl (C=O) groups excluding carboxylic acids is 2. The molecule has 2 N–H and O–H groups in total. The number of ether oxygens (including phenoxy) is 3. The molecule has 3 aliphatic rings. The van der Waals surface area contributed by atoms with E-state index in [0.717, 1.165) is 54.4 Å². The number of rotatable bonds is 14. The summed E-state index contributed by atoms with van der Waals surface area (Å²) < 4.78 is 20.3. The van der Waals surface area contributed by atoms with Crippen molar-refractivity contribution in [3.63, 3.8) is 0 Å². The molecule has 0 spiro atoms. The predicted octanol–water partition coefficient (Wildman–Crippen LogP) is 7.03. The van der Waals surface area contributed by atoms with Crippen molar-refractivity contribution in [3.05, 3.63) is 111 Å². The summed E-state index contributed by atoms with van der Waals surface area (Å²) in [6.07, 6.45) is 15.1. The molecule has 2 aromatic heterocycles. The number of carbonyl (C=O) groups is 2. The van der Waals surface area contributed by atoms with Crippen molar-refractivity contribution in [3.8, 4) is 0 Å². The van der Waals surface area contributed by atoms with Gasteiger partial charge in [0.15, 0.2) is 17.3 Å². The number of aliphatic hydroxyl groups is 1. The van der Waals surface area contributed by atoms with Gasteiger partial charge in [-0.15, -0.1) is 0 Å². The Morgan fingerprint density at radius 3 is 2.59 bits per heavy atom. The molecule has 1 fully saturated rings. The number of fused-ring (bicyclic) bond motifs is 3. The highest BCUT2D eigenvalue weighted by atomic mass is 16.6. The van der Waals surface area contributed by atoms with Gasteiger partial charge in [0.2, 0.25) is 0 Å². The Morgan fingerprint density at radius 1 is 1.04 bits per heavy atom.